The SMILES string of the molecule is CCC(CO)NS(=O)(=O)c1c(C)cc(C)cc1C. The number of aliphatic hydroxyl groups is 1. The minimum absolute atomic E-state index is 0.195. The molecule has 1 unspecified atom stereocenters. The van der Waals surface area contributed by atoms with Gasteiger partial charge in [0.1, 0.15) is 0 Å². The van der Waals surface area contributed by atoms with Crippen LogP contribution in [0.1, 0.15) is 30.0 Å². The van der Waals surface area contributed by atoms with Crippen molar-refractivity contribution in [3.63, 3.8) is 0 Å². The van der Waals surface area contributed by atoms with Gasteiger partial charge in [0.2, 0.25) is 10.0 Å². The van der Waals surface area contributed by atoms with Crippen molar-refractivity contribution in [3.8, 4) is 0 Å². The summed E-state index contributed by atoms with van der Waals surface area (Å²) in [5, 5.41) is 9.09. The van der Waals surface area contributed by atoms with Crippen molar-refractivity contribution in [2.24, 2.45) is 0 Å². The van der Waals surface area contributed by atoms with Crippen LogP contribution in [0.15, 0.2) is 17.0 Å². The minimum Gasteiger partial charge on any atom is -0.395 e. The van der Waals surface area contributed by atoms with Crippen molar-refractivity contribution in [2.75, 3.05) is 6.61 Å². The lowest BCUT2D eigenvalue weighted by atomic mass is 10.1. The third-order valence-corrected chi connectivity index (χ3v) is 4.73. The molecule has 1 aromatic carbocycles. The molecule has 1 atom stereocenters. The van der Waals surface area contributed by atoms with Gasteiger partial charge in [0.15, 0.2) is 0 Å². The van der Waals surface area contributed by atoms with Crippen molar-refractivity contribution >= 4 is 10.0 Å². The van der Waals surface area contributed by atoms with Crippen LogP contribution in [-0.2, 0) is 10.0 Å². The monoisotopic (exact) mass is 271 g/mol. The summed E-state index contributed by atoms with van der Waals surface area (Å²) in [4.78, 5) is 0.319. The van der Waals surface area contributed by atoms with Crippen LogP contribution < -0.4 is 4.72 Å². The Kier molecular flexibility index (Phi) is 4.90. The standard InChI is InChI=1S/C13H21NO3S/c1-5-12(8-15)14-18(16,17)13-10(3)6-9(2)7-11(13)4/h6-7,12,14-15H,5,8H2,1-4H3. The number of hydrogen-bond donors (Lipinski definition) is 2. The molecule has 0 spiro atoms. The normalized spacial score (nSPS) is 13.6. The predicted octanol–water partition coefficient (Wildman–Crippen LogP) is 1.66. The maximum Gasteiger partial charge on any atom is 0.241 e. The molecule has 0 amide bonds. The average Bonchev–Trinajstić information content (AvgIpc) is 2.23. The number of benzene rings is 1. The third kappa shape index (κ3) is 3.31. The molecule has 0 heterocycles. The first kappa shape index (κ1) is 15.1. The first-order chi connectivity index (χ1) is 8.31. The van der Waals surface area contributed by atoms with Crippen LogP contribution in [0, 0.1) is 20.8 Å². The Balaban J connectivity index is 3.21. The first-order valence-electron chi connectivity index (χ1n) is 6.02. The molecule has 1 rings (SSSR count). The number of sulfonamides is 1. The lowest BCUT2D eigenvalue weighted by molar-refractivity contribution is 0.254. The summed E-state index contributed by atoms with van der Waals surface area (Å²) in [5.74, 6) is 0. The van der Waals surface area contributed by atoms with E-state index in [1.807, 2.05) is 26.0 Å². The molecule has 102 valence electrons. The quantitative estimate of drug-likeness (QED) is 0.856. The van der Waals surface area contributed by atoms with E-state index >= 15 is 0 Å². The number of nitrogens with one attached hydrogen (secondary N) is 1. The highest BCUT2D eigenvalue weighted by atomic mass is 32.2. The molecule has 0 saturated carbocycles. The van der Waals surface area contributed by atoms with Crippen molar-refractivity contribution < 1.29 is 13.5 Å². The topological polar surface area (TPSA) is 66.4 Å². The molecule has 18 heavy (non-hydrogen) atoms. The summed E-state index contributed by atoms with van der Waals surface area (Å²) in [6.07, 6.45) is 0.555. The first-order valence-corrected chi connectivity index (χ1v) is 7.51. The molecule has 0 bridgehead atoms. The molecule has 0 saturated heterocycles. The van der Waals surface area contributed by atoms with E-state index in [1.165, 1.54) is 0 Å². The van der Waals surface area contributed by atoms with E-state index in [2.05, 4.69) is 4.72 Å². The van der Waals surface area contributed by atoms with E-state index in [-0.39, 0.29) is 6.61 Å². The van der Waals surface area contributed by atoms with Gasteiger partial charge in [0.05, 0.1) is 11.5 Å². The van der Waals surface area contributed by atoms with Gasteiger partial charge in [-0.2, -0.15) is 0 Å². The lowest BCUT2D eigenvalue weighted by Gasteiger charge is -2.17. The Morgan fingerprint density at radius 3 is 2.11 bits per heavy atom. The van der Waals surface area contributed by atoms with Gasteiger partial charge >= 0.3 is 0 Å². The van der Waals surface area contributed by atoms with Crippen molar-refractivity contribution in [2.45, 2.75) is 45.1 Å². The fourth-order valence-corrected chi connectivity index (χ4v) is 3.88. The second-order valence-corrected chi connectivity index (χ2v) is 6.29. The highest BCUT2D eigenvalue weighted by molar-refractivity contribution is 7.89. The highest BCUT2D eigenvalue weighted by Crippen LogP contribution is 2.21. The van der Waals surface area contributed by atoms with E-state index in [0.717, 1.165) is 16.7 Å². The van der Waals surface area contributed by atoms with Gasteiger partial charge in [0, 0.05) is 6.04 Å². The lowest BCUT2D eigenvalue weighted by Crippen LogP contribution is -2.37. The van der Waals surface area contributed by atoms with Gasteiger partial charge in [-0.05, 0) is 38.3 Å². The molecule has 0 aliphatic carbocycles. The third-order valence-electron chi connectivity index (χ3n) is 2.91. The maximum atomic E-state index is 12.3. The van der Waals surface area contributed by atoms with Gasteiger partial charge in [-0.15, -0.1) is 0 Å². The van der Waals surface area contributed by atoms with E-state index in [9.17, 15) is 8.42 Å². The average molecular weight is 271 g/mol. The Bertz CT molecular complexity index is 496. The zero-order valence-electron chi connectivity index (χ0n) is 11.3. The Labute approximate surface area is 109 Å². The van der Waals surface area contributed by atoms with Crippen LogP contribution in [0.3, 0.4) is 0 Å². The zero-order chi connectivity index (χ0) is 13.9. The maximum absolute atomic E-state index is 12.3. The summed E-state index contributed by atoms with van der Waals surface area (Å²) in [6, 6.07) is 3.26. The second-order valence-electron chi connectivity index (χ2n) is 4.64. The van der Waals surface area contributed by atoms with Crippen molar-refractivity contribution in [3.05, 3.63) is 28.8 Å². The molecule has 0 aliphatic heterocycles. The molecule has 4 nitrogen and oxygen atoms in total. The highest BCUT2D eigenvalue weighted by Gasteiger charge is 2.22. The fraction of sp³-hybridized carbons (Fsp3) is 0.538. The zero-order valence-corrected chi connectivity index (χ0v) is 12.1. The van der Waals surface area contributed by atoms with Gasteiger partial charge in [0.25, 0.3) is 0 Å². The molecule has 0 fully saturated rings. The molecule has 0 aliphatic rings. The number of aliphatic hydroxyl groups excluding tert-OH is 1. The number of rotatable bonds is 5. The summed E-state index contributed by atoms with van der Waals surface area (Å²) in [5.41, 5.74) is 2.50. The van der Waals surface area contributed by atoms with Crippen LogP contribution in [0.25, 0.3) is 0 Å². The molecule has 2 N–H and O–H groups in total. The van der Waals surface area contributed by atoms with Gasteiger partial charge in [-0.3, -0.25) is 0 Å². The number of aryl methyl sites for hydroxylation is 3. The van der Waals surface area contributed by atoms with E-state index in [4.69, 9.17) is 5.11 Å². The summed E-state index contributed by atoms with van der Waals surface area (Å²) in [6.45, 7) is 7.15. The number of hydrogen-bond acceptors (Lipinski definition) is 3. The second kappa shape index (κ2) is 5.82. The van der Waals surface area contributed by atoms with Crippen molar-refractivity contribution in [1.29, 1.82) is 0 Å². The molecular formula is C13H21NO3S. The molecule has 5 heteroatoms. The van der Waals surface area contributed by atoms with Gasteiger partial charge in [-0.1, -0.05) is 24.6 Å². The van der Waals surface area contributed by atoms with Crippen LogP contribution in [-0.4, -0.2) is 26.2 Å². The molecule has 0 radical (unpaired) electrons. The largest absolute Gasteiger partial charge is 0.395 e. The molecule has 1 aromatic rings. The summed E-state index contributed by atoms with van der Waals surface area (Å²) in [7, 11) is -3.57. The minimum atomic E-state index is -3.57. The Morgan fingerprint density at radius 1 is 1.22 bits per heavy atom. The van der Waals surface area contributed by atoms with Crippen LogP contribution in [0.4, 0.5) is 0 Å². The van der Waals surface area contributed by atoms with E-state index in [0.29, 0.717) is 11.3 Å². The summed E-state index contributed by atoms with van der Waals surface area (Å²) >= 11 is 0. The van der Waals surface area contributed by atoms with E-state index < -0.39 is 16.1 Å². The fourth-order valence-electron chi connectivity index (χ4n) is 2.12. The van der Waals surface area contributed by atoms with Crippen LogP contribution in [0.5, 0.6) is 0 Å². The predicted molar refractivity (Wildman–Crippen MR) is 72.1 cm³/mol. The van der Waals surface area contributed by atoms with Crippen molar-refractivity contribution in [1.82, 2.24) is 4.72 Å². The van der Waals surface area contributed by atoms with Crippen LogP contribution in [0.2, 0.25) is 0 Å². The van der Waals surface area contributed by atoms with E-state index in [1.54, 1.807) is 13.8 Å². The molecular weight excluding hydrogens is 250 g/mol. The Hall–Kier alpha value is -0.910. The Morgan fingerprint density at radius 2 is 1.72 bits per heavy atom. The van der Waals surface area contributed by atoms with Gasteiger partial charge in [-0.25, -0.2) is 13.1 Å². The smallest absolute Gasteiger partial charge is 0.241 e. The summed E-state index contributed by atoms with van der Waals surface area (Å²) < 4.78 is 27.1. The molecule has 0 aromatic heterocycles. The van der Waals surface area contributed by atoms with Gasteiger partial charge < -0.3 is 5.11 Å². The van der Waals surface area contributed by atoms with Crippen LogP contribution >= 0.6 is 0 Å².